The fourth-order valence-corrected chi connectivity index (χ4v) is 2.54. The summed E-state index contributed by atoms with van der Waals surface area (Å²) in [5, 5.41) is 8.38. The van der Waals surface area contributed by atoms with Crippen LogP contribution in [0.1, 0.15) is 23.5 Å². The van der Waals surface area contributed by atoms with Crippen molar-refractivity contribution in [2.45, 2.75) is 19.9 Å². The molecule has 2 rings (SSSR count). The van der Waals surface area contributed by atoms with Crippen molar-refractivity contribution in [1.29, 1.82) is 0 Å². The molecule has 1 atom stereocenters. The van der Waals surface area contributed by atoms with E-state index in [1.165, 1.54) is 11.3 Å². The van der Waals surface area contributed by atoms with Crippen LogP contribution in [0.2, 0.25) is 0 Å². The summed E-state index contributed by atoms with van der Waals surface area (Å²) in [6.07, 6.45) is 0. The minimum Gasteiger partial charge on any atom is -0.380 e. The Balaban J connectivity index is 1.91. The largest absolute Gasteiger partial charge is 0.380 e. The van der Waals surface area contributed by atoms with E-state index in [-0.39, 0.29) is 11.9 Å². The molecule has 1 amide bonds. The molecule has 1 aromatic carbocycles. The molecule has 0 radical (unpaired) electrons. The quantitative estimate of drug-likeness (QED) is 0.852. The maximum atomic E-state index is 12.0. The van der Waals surface area contributed by atoms with Crippen molar-refractivity contribution in [3.63, 3.8) is 0 Å². The lowest BCUT2D eigenvalue weighted by Gasteiger charge is -2.23. The van der Waals surface area contributed by atoms with Gasteiger partial charge in [0.2, 0.25) is 0 Å². The summed E-state index contributed by atoms with van der Waals surface area (Å²) in [7, 11) is 0. The first kappa shape index (κ1) is 14.6. The van der Waals surface area contributed by atoms with Crippen LogP contribution in [0, 0.1) is 5.92 Å². The number of hydrogen-bond acceptors (Lipinski definition) is 3. The van der Waals surface area contributed by atoms with E-state index in [9.17, 15) is 4.79 Å². The lowest BCUT2D eigenvalue weighted by atomic mass is 10.0. The van der Waals surface area contributed by atoms with Crippen LogP contribution >= 0.6 is 11.3 Å². The molecule has 1 unspecified atom stereocenters. The van der Waals surface area contributed by atoms with Crippen LogP contribution in [0.15, 0.2) is 47.8 Å². The molecule has 0 saturated carbocycles. The van der Waals surface area contributed by atoms with Crippen molar-refractivity contribution in [2.24, 2.45) is 5.92 Å². The number of anilines is 1. The van der Waals surface area contributed by atoms with E-state index in [1.54, 1.807) is 0 Å². The minimum atomic E-state index is 0.000474. The number of amides is 1. The number of carbonyl (C=O) groups is 1. The zero-order valence-electron chi connectivity index (χ0n) is 11.8. The predicted octanol–water partition coefficient (Wildman–Crippen LogP) is 3.61. The highest BCUT2D eigenvalue weighted by Gasteiger charge is 2.15. The third kappa shape index (κ3) is 4.10. The Morgan fingerprint density at radius 1 is 1.15 bits per heavy atom. The number of nitrogens with one attached hydrogen (secondary N) is 2. The fraction of sp³-hybridized carbons (Fsp3) is 0.312. The molecule has 2 aromatic rings. The topological polar surface area (TPSA) is 41.1 Å². The van der Waals surface area contributed by atoms with Gasteiger partial charge in [-0.05, 0) is 29.5 Å². The van der Waals surface area contributed by atoms with Gasteiger partial charge in [0.05, 0.1) is 4.88 Å². The summed E-state index contributed by atoms with van der Waals surface area (Å²) in [4.78, 5) is 12.7. The van der Waals surface area contributed by atoms with Crippen LogP contribution in [0.25, 0.3) is 0 Å². The molecule has 0 spiro atoms. The number of para-hydroxylation sites is 1. The highest BCUT2D eigenvalue weighted by molar-refractivity contribution is 7.12. The molecule has 0 aliphatic rings. The molecule has 106 valence electrons. The molecule has 0 saturated heterocycles. The highest BCUT2D eigenvalue weighted by Crippen LogP contribution is 2.12. The summed E-state index contributed by atoms with van der Waals surface area (Å²) < 4.78 is 0. The monoisotopic (exact) mass is 288 g/mol. The summed E-state index contributed by atoms with van der Waals surface area (Å²) in [5.74, 6) is 0.430. The van der Waals surface area contributed by atoms with Crippen molar-refractivity contribution >= 4 is 22.9 Å². The van der Waals surface area contributed by atoms with E-state index in [0.29, 0.717) is 12.5 Å². The van der Waals surface area contributed by atoms with Gasteiger partial charge in [-0.2, -0.15) is 0 Å². The molecular weight excluding hydrogens is 268 g/mol. The first-order valence-corrected chi connectivity index (χ1v) is 7.68. The van der Waals surface area contributed by atoms with Gasteiger partial charge in [0.1, 0.15) is 0 Å². The van der Waals surface area contributed by atoms with Crippen molar-refractivity contribution in [1.82, 2.24) is 5.32 Å². The molecular formula is C16H20N2OS. The number of rotatable bonds is 6. The predicted molar refractivity (Wildman–Crippen MR) is 85.3 cm³/mol. The fourth-order valence-electron chi connectivity index (χ4n) is 1.90. The molecule has 0 bridgehead atoms. The number of hydrogen-bond donors (Lipinski definition) is 2. The Morgan fingerprint density at radius 2 is 1.90 bits per heavy atom. The first-order chi connectivity index (χ1) is 9.66. The lowest BCUT2D eigenvalue weighted by molar-refractivity contribution is 0.0954. The normalized spacial score (nSPS) is 12.2. The van der Waals surface area contributed by atoms with Crippen molar-refractivity contribution in [3.05, 3.63) is 52.7 Å². The minimum absolute atomic E-state index is 0.000474. The van der Waals surface area contributed by atoms with Gasteiger partial charge < -0.3 is 10.6 Å². The molecule has 1 aromatic heterocycles. The lowest BCUT2D eigenvalue weighted by Crippen LogP contribution is -2.39. The third-order valence-electron chi connectivity index (χ3n) is 3.16. The van der Waals surface area contributed by atoms with E-state index < -0.39 is 0 Å². The van der Waals surface area contributed by atoms with Gasteiger partial charge in [-0.25, -0.2) is 0 Å². The Labute approximate surface area is 124 Å². The molecule has 20 heavy (non-hydrogen) atoms. The van der Waals surface area contributed by atoms with Gasteiger partial charge in [0.25, 0.3) is 5.91 Å². The second kappa shape index (κ2) is 7.10. The van der Waals surface area contributed by atoms with Gasteiger partial charge in [-0.1, -0.05) is 38.1 Å². The van der Waals surface area contributed by atoms with Crippen molar-refractivity contribution < 1.29 is 4.79 Å². The molecule has 0 fully saturated rings. The van der Waals surface area contributed by atoms with Gasteiger partial charge in [-0.15, -0.1) is 11.3 Å². The maximum absolute atomic E-state index is 12.0. The molecule has 3 nitrogen and oxygen atoms in total. The molecule has 1 heterocycles. The number of carbonyl (C=O) groups excluding carboxylic acids is 1. The summed E-state index contributed by atoms with van der Waals surface area (Å²) in [5.41, 5.74) is 1.08. The zero-order chi connectivity index (χ0) is 14.4. The Morgan fingerprint density at radius 3 is 2.50 bits per heavy atom. The smallest absolute Gasteiger partial charge is 0.261 e. The van der Waals surface area contributed by atoms with Crippen molar-refractivity contribution in [3.8, 4) is 0 Å². The van der Waals surface area contributed by atoms with E-state index in [2.05, 4.69) is 24.5 Å². The summed E-state index contributed by atoms with van der Waals surface area (Å²) in [6, 6.07) is 14.0. The van der Waals surface area contributed by atoms with E-state index in [4.69, 9.17) is 0 Å². The van der Waals surface area contributed by atoms with Gasteiger partial charge in [0.15, 0.2) is 0 Å². The number of benzene rings is 1. The Hall–Kier alpha value is -1.81. The average Bonchev–Trinajstić information content (AvgIpc) is 2.98. The highest BCUT2D eigenvalue weighted by atomic mass is 32.1. The Kier molecular flexibility index (Phi) is 5.18. The van der Waals surface area contributed by atoms with E-state index in [0.717, 1.165) is 10.6 Å². The van der Waals surface area contributed by atoms with Gasteiger partial charge >= 0.3 is 0 Å². The first-order valence-electron chi connectivity index (χ1n) is 6.80. The Bertz CT molecular complexity index is 523. The summed E-state index contributed by atoms with van der Waals surface area (Å²) in [6.45, 7) is 4.92. The van der Waals surface area contributed by atoms with Crippen molar-refractivity contribution in [2.75, 3.05) is 11.9 Å². The third-order valence-corrected chi connectivity index (χ3v) is 4.03. The van der Waals surface area contributed by atoms with Crippen LogP contribution < -0.4 is 10.6 Å². The van der Waals surface area contributed by atoms with Gasteiger partial charge in [-0.3, -0.25) is 4.79 Å². The van der Waals surface area contributed by atoms with E-state index >= 15 is 0 Å². The zero-order valence-corrected chi connectivity index (χ0v) is 12.6. The molecule has 4 heteroatoms. The molecule has 2 N–H and O–H groups in total. The second-order valence-corrected chi connectivity index (χ2v) is 6.00. The SMILES string of the molecule is CC(C)C(CNC(=O)c1cccs1)Nc1ccccc1. The second-order valence-electron chi connectivity index (χ2n) is 5.05. The van der Waals surface area contributed by atoms with Crippen LogP contribution in [-0.2, 0) is 0 Å². The van der Waals surface area contributed by atoms with Crippen LogP contribution in [-0.4, -0.2) is 18.5 Å². The van der Waals surface area contributed by atoms with Crippen LogP contribution in [0.5, 0.6) is 0 Å². The maximum Gasteiger partial charge on any atom is 0.261 e. The van der Waals surface area contributed by atoms with E-state index in [1.807, 2.05) is 47.8 Å². The molecule has 0 aliphatic carbocycles. The van der Waals surface area contributed by atoms with Gasteiger partial charge in [0, 0.05) is 18.3 Å². The van der Waals surface area contributed by atoms with Crippen LogP contribution in [0.3, 0.4) is 0 Å². The summed E-state index contributed by atoms with van der Waals surface area (Å²) >= 11 is 1.46. The molecule has 0 aliphatic heterocycles. The average molecular weight is 288 g/mol. The van der Waals surface area contributed by atoms with Crippen LogP contribution in [0.4, 0.5) is 5.69 Å². The standard InChI is InChI=1S/C16H20N2OS/c1-12(2)14(18-13-7-4-3-5-8-13)11-17-16(19)15-9-6-10-20-15/h3-10,12,14,18H,11H2,1-2H3,(H,17,19). The number of thiophene rings is 1.